The van der Waals surface area contributed by atoms with Crippen LogP contribution in [0.2, 0.25) is 0 Å². The summed E-state index contributed by atoms with van der Waals surface area (Å²) in [6, 6.07) is 12.8. The van der Waals surface area contributed by atoms with Crippen LogP contribution < -0.4 is 0 Å². The van der Waals surface area contributed by atoms with Gasteiger partial charge in [0, 0.05) is 15.9 Å². The number of aryl methyl sites for hydroxylation is 1. The first-order chi connectivity index (χ1) is 12.6. The molecule has 27 heavy (non-hydrogen) atoms. The van der Waals surface area contributed by atoms with Crippen molar-refractivity contribution in [3.63, 3.8) is 0 Å². The maximum absolute atomic E-state index is 10.8. The standard InChI is InChI=1S/C24H28O2S/c1-16-13-19-20(24(4,5)12-11-23(19,2)3)15-21(16)27-18-8-6-7-17(14-18)9-10-22(25)26/h6-10,13-15H,11-12H2,1-5H3,(H,25,26)/b10-9+. The smallest absolute Gasteiger partial charge is 0.328 e. The lowest BCUT2D eigenvalue weighted by Gasteiger charge is -2.42. The SMILES string of the molecule is Cc1cc2c(cc1Sc1cccc(/C=C/C(=O)O)c1)C(C)(C)CCC2(C)C. The van der Waals surface area contributed by atoms with E-state index in [9.17, 15) is 4.79 Å². The van der Waals surface area contributed by atoms with Gasteiger partial charge in [0.25, 0.3) is 0 Å². The Hall–Kier alpha value is -2.00. The fourth-order valence-electron chi connectivity index (χ4n) is 3.79. The number of hydrogen-bond donors (Lipinski definition) is 1. The van der Waals surface area contributed by atoms with Gasteiger partial charge in [-0.25, -0.2) is 4.79 Å². The van der Waals surface area contributed by atoms with E-state index >= 15 is 0 Å². The number of fused-ring (bicyclic) bond motifs is 1. The third-order valence-corrected chi connectivity index (χ3v) is 6.80. The molecule has 0 amide bonds. The zero-order valence-electron chi connectivity index (χ0n) is 16.8. The van der Waals surface area contributed by atoms with Gasteiger partial charge in [0.05, 0.1) is 0 Å². The Morgan fingerprint density at radius 2 is 1.67 bits per heavy atom. The monoisotopic (exact) mass is 380 g/mol. The second-order valence-corrected chi connectivity index (χ2v) is 9.89. The molecule has 2 aromatic rings. The number of hydrogen-bond acceptors (Lipinski definition) is 2. The molecule has 0 unspecified atom stereocenters. The molecular formula is C24H28O2S. The van der Waals surface area contributed by atoms with Crippen LogP contribution in [0, 0.1) is 6.92 Å². The van der Waals surface area contributed by atoms with Gasteiger partial charge in [0.1, 0.15) is 0 Å². The number of carbonyl (C=O) groups is 1. The zero-order chi connectivity index (χ0) is 19.8. The molecule has 0 radical (unpaired) electrons. The summed E-state index contributed by atoms with van der Waals surface area (Å²) in [4.78, 5) is 13.2. The van der Waals surface area contributed by atoms with E-state index in [1.807, 2.05) is 18.2 Å². The molecule has 2 nitrogen and oxygen atoms in total. The second-order valence-electron chi connectivity index (χ2n) is 8.78. The van der Waals surface area contributed by atoms with Crippen molar-refractivity contribution < 1.29 is 9.90 Å². The Morgan fingerprint density at radius 1 is 1.04 bits per heavy atom. The maximum Gasteiger partial charge on any atom is 0.328 e. The minimum atomic E-state index is -0.927. The van der Waals surface area contributed by atoms with Crippen LogP contribution >= 0.6 is 11.8 Å². The Morgan fingerprint density at radius 3 is 2.30 bits per heavy atom. The fourth-order valence-corrected chi connectivity index (χ4v) is 4.78. The molecule has 3 rings (SSSR count). The Balaban J connectivity index is 1.97. The van der Waals surface area contributed by atoms with Crippen molar-refractivity contribution in [1.29, 1.82) is 0 Å². The van der Waals surface area contributed by atoms with E-state index < -0.39 is 5.97 Å². The number of carboxylic acid groups (broad SMARTS) is 1. The Kier molecular flexibility index (Phi) is 5.27. The molecular weight excluding hydrogens is 352 g/mol. The summed E-state index contributed by atoms with van der Waals surface area (Å²) < 4.78 is 0. The van der Waals surface area contributed by atoms with Gasteiger partial charge in [-0.15, -0.1) is 0 Å². The van der Waals surface area contributed by atoms with Gasteiger partial charge in [0.15, 0.2) is 0 Å². The first-order valence-electron chi connectivity index (χ1n) is 9.43. The van der Waals surface area contributed by atoms with Crippen LogP contribution in [0.3, 0.4) is 0 Å². The lowest BCUT2D eigenvalue weighted by molar-refractivity contribution is -0.131. The highest BCUT2D eigenvalue weighted by molar-refractivity contribution is 7.99. The van der Waals surface area contributed by atoms with Gasteiger partial charge in [-0.05, 0) is 77.1 Å². The van der Waals surface area contributed by atoms with Gasteiger partial charge >= 0.3 is 5.97 Å². The second kappa shape index (κ2) is 7.20. The van der Waals surface area contributed by atoms with Gasteiger partial charge < -0.3 is 5.11 Å². The largest absolute Gasteiger partial charge is 0.478 e. The third kappa shape index (κ3) is 4.30. The van der Waals surface area contributed by atoms with Gasteiger partial charge in [0.2, 0.25) is 0 Å². The predicted molar refractivity (Wildman–Crippen MR) is 114 cm³/mol. The van der Waals surface area contributed by atoms with E-state index in [4.69, 9.17) is 5.11 Å². The van der Waals surface area contributed by atoms with Crippen molar-refractivity contribution in [3.05, 3.63) is 64.7 Å². The van der Waals surface area contributed by atoms with Crippen LogP contribution in [-0.2, 0) is 15.6 Å². The summed E-state index contributed by atoms with van der Waals surface area (Å²) in [7, 11) is 0. The summed E-state index contributed by atoms with van der Waals surface area (Å²) in [5.41, 5.74) is 5.57. The quantitative estimate of drug-likeness (QED) is 0.608. The molecule has 0 atom stereocenters. The highest BCUT2D eigenvalue weighted by Crippen LogP contribution is 2.48. The van der Waals surface area contributed by atoms with Gasteiger partial charge in [-0.1, -0.05) is 57.7 Å². The van der Waals surface area contributed by atoms with Crippen LogP contribution in [0.1, 0.15) is 62.8 Å². The third-order valence-electron chi connectivity index (χ3n) is 5.65. The van der Waals surface area contributed by atoms with E-state index in [1.165, 1.54) is 40.5 Å². The molecule has 0 fully saturated rings. The van der Waals surface area contributed by atoms with Gasteiger partial charge in [-0.2, -0.15) is 0 Å². The number of benzene rings is 2. The fraction of sp³-hybridized carbons (Fsp3) is 0.375. The first-order valence-corrected chi connectivity index (χ1v) is 10.2. The first kappa shape index (κ1) is 19.8. The zero-order valence-corrected chi connectivity index (χ0v) is 17.6. The molecule has 1 N–H and O–H groups in total. The van der Waals surface area contributed by atoms with Crippen molar-refractivity contribution in [1.82, 2.24) is 0 Å². The Bertz CT molecular complexity index is 907. The lowest BCUT2D eigenvalue weighted by Crippen LogP contribution is -2.34. The van der Waals surface area contributed by atoms with Crippen molar-refractivity contribution in [2.24, 2.45) is 0 Å². The van der Waals surface area contributed by atoms with Crippen LogP contribution in [0.4, 0.5) is 0 Å². The number of aliphatic carboxylic acids is 1. The minimum absolute atomic E-state index is 0.194. The molecule has 1 aliphatic carbocycles. The molecule has 0 saturated heterocycles. The van der Waals surface area contributed by atoms with E-state index in [2.05, 4.69) is 52.8 Å². The molecule has 0 spiro atoms. The summed E-state index contributed by atoms with van der Waals surface area (Å²) in [6.07, 6.45) is 5.24. The van der Waals surface area contributed by atoms with E-state index in [1.54, 1.807) is 17.8 Å². The van der Waals surface area contributed by atoms with Crippen LogP contribution in [0.15, 0.2) is 52.3 Å². The average Bonchev–Trinajstić information content (AvgIpc) is 2.59. The van der Waals surface area contributed by atoms with Crippen molar-refractivity contribution in [2.45, 2.75) is 68.1 Å². The molecule has 0 aliphatic heterocycles. The predicted octanol–water partition coefficient (Wildman–Crippen LogP) is 6.59. The van der Waals surface area contributed by atoms with Crippen molar-refractivity contribution in [3.8, 4) is 0 Å². The van der Waals surface area contributed by atoms with Gasteiger partial charge in [-0.3, -0.25) is 0 Å². The highest BCUT2D eigenvalue weighted by atomic mass is 32.2. The highest BCUT2D eigenvalue weighted by Gasteiger charge is 2.37. The molecule has 0 heterocycles. The summed E-state index contributed by atoms with van der Waals surface area (Å²) in [5.74, 6) is -0.927. The Labute approximate surface area is 166 Å². The molecule has 2 aromatic carbocycles. The minimum Gasteiger partial charge on any atom is -0.478 e. The van der Waals surface area contributed by atoms with E-state index in [0.29, 0.717) is 0 Å². The maximum atomic E-state index is 10.8. The molecule has 1 aliphatic rings. The van der Waals surface area contributed by atoms with Crippen LogP contribution in [-0.4, -0.2) is 11.1 Å². The molecule has 3 heteroatoms. The van der Waals surface area contributed by atoms with Crippen molar-refractivity contribution >= 4 is 23.8 Å². The topological polar surface area (TPSA) is 37.3 Å². The van der Waals surface area contributed by atoms with E-state index in [0.717, 1.165) is 10.5 Å². The molecule has 0 bridgehead atoms. The number of rotatable bonds is 4. The molecule has 0 aromatic heterocycles. The van der Waals surface area contributed by atoms with Crippen LogP contribution in [0.25, 0.3) is 6.08 Å². The van der Waals surface area contributed by atoms with E-state index in [-0.39, 0.29) is 10.8 Å². The summed E-state index contributed by atoms with van der Waals surface area (Å²) in [5, 5.41) is 8.83. The van der Waals surface area contributed by atoms with Crippen molar-refractivity contribution in [2.75, 3.05) is 0 Å². The molecule has 142 valence electrons. The van der Waals surface area contributed by atoms with Crippen LogP contribution in [0.5, 0.6) is 0 Å². The number of carboxylic acids is 1. The molecule has 0 saturated carbocycles. The lowest BCUT2D eigenvalue weighted by atomic mass is 9.63. The normalized spacial score (nSPS) is 17.7. The average molecular weight is 381 g/mol. The summed E-state index contributed by atoms with van der Waals surface area (Å²) in [6.45, 7) is 11.6. The summed E-state index contributed by atoms with van der Waals surface area (Å²) >= 11 is 1.76.